The van der Waals surface area contributed by atoms with Gasteiger partial charge in [-0.2, -0.15) is 5.26 Å². The highest BCUT2D eigenvalue weighted by atomic mass is 35.5. The molecule has 1 fully saturated rings. The molecule has 0 aliphatic carbocycles. The van der Waals surface area contributed by atoms with E-state index in [9.17, 15) is 10.1 Å². The number of anilines is 1. The maximum Gasteiger partial charge on any atom is 0.255 e. The highest BCUT2D eigenvalue weighted by Gasteiger charge is 2.23. The Bertz CT molecular complexity index is 857. The fourth-order valence-electron chi connectivity index (χ4n) is 3.28. The molecule has 1 N–H and O–H groups in total. The van der Waals surface area contributed by atoms with Crippen LogP contribution in [0.4, 0.5) is 5.82 Å². The summed E-state index contributed by atoms with van der Waals surface area (Å²) in [5.41, 5.74) is 1.03. The maximum absolute atomic E-state index is 12.5. The molecule has 1 amide bonds. The number of rotatable bonds is 5. The second kappa shape index (κ2) is 8.74. The van der Waals surface area contributed by atoms with Crippen molar-refractivity contribution in [1.82, 2.24) is 10.3 Å². The maximum atomic E-state index is 12.5. The van der Waals surface area contributed by atoms with E-state index >= 15 is 0 Å². The van der Waals surface area contributed by atoms with Gasteiger partial charge in [0.2, 0.25) is 0 Å². The molecule has 140 valence electrons. The molecule has 2 heterocycles. The summed E-state index contributed by atoms with van der Waals surface area (Å²) in [5, 5.41) is 12.7. The van der Waals surface area contributed by atoms with Gasteiger partial charge in [0, 0.05) is 30.9 Å². The first-order chi connectivity index (χ1) is 13.1. The molecular formula is C20H21ClN4O2. The second-order valence-corrected chi connectivity index (χ2v) is 6.91. The summed E-state index contributed by atoms with van der Waals surface area (Å²) in [5.74, 6) is 1.44. The lowest BCUT2D eigenvalue weighted by Crippen LogP contribution is -2.39. The van der Waals surface area contributed by atoms with Crippen molar-refractivity contribution in [3.8, 4) is 11.8 Å². The number of pyridine rings is 1. The Hall–Kier alpha value is -2.78. The lowest BCUT2D eigenvalue weighted by Gasteiger charge is -2.33. The summed E-state index contributed by atoms with van der Waals surface area (Å²) in [6, 6.07) is 10.7. The third-order valence-corrected chi connectivity index (χ3v) is 5.01. The second-order valence-electron chi connectivity index (χ2n) is 6.47. The van der Waals surface area contributed by atoms with Gasteiger partial charge in [-0.05, 0) is 49.1 Å². The van der Waals surface area contributed by atoms with Gasteiger partial charge in [0.1, 0.15) is 17.6 Å². The number of amides is 1. The van der Waals surface area contributed by atoms with Gasteiger partial charge in [0.15, 0.2) is 0 Å². The normalized spacial score (nSPS) is 14.5. The Morgan fingerprint density at radius 1 is 1.41 bits per heavy atom. The number of hydrogen-bond donors (Lipinski definition) is 1. The van der Waals surface area contributed by atoms with E-state index in [2.05, 4.69) is 21.3 Å². The summed E-state index contributed by atoms with van der Waals surface area (Å²) in [6.45, 7) is 2.22. The zero-order chi connectivity index (χ0) is 19.2. The van der Waals surface area contributed by atoms with Gasteiger partial charge < -0.3 is 15.0 Å². The van der Waals surface area contributed by atoms with Crippen molar-refractivity contribution in [2.75, 3.05) is 31.6 Å². The molecule has 1 saturated heterocycles. The number of ether oxygens (including phenoxy) is 1. The minimum atomic E-state index is -0.187. The number of carbonyl (C=O) groups excluding carboxylic acids is 1. The van der Waals surface area contributed by atoms with Crippen LogP contribution in [0.5, 0.6) is 5.75 Å². The Morgan fingerprint density at radius 2 is 2.19 bits per heavy atom. The van der Waals surface area contributed by atoms with Crippen molar-refractivity contribution in [1.29, 1.82) is 5.26 Å². The van der Waals surface area contributed by atoms with Gasteiger partial charge in [0.05, 0.1) is 18.2 Å². The molecule has 6 nitrogen and oxygen atoms in total. The van der Waals surface area contributed by atoms with Crippen molar-refractivity contribution >= 4 is 23.3 Å². The topological polar surface area (TPSA) is 78.2 Å². The molecular weight excluding hydrogens is 364 g/mol. The summed E-state index contributed by atoms with van der Waals surface area (Å²) in [7, 11) is 1.53. The number of methoxy groups -OCH3 is 1. The predicted molar refractivity (Wildman–Crippen MR) is 104 cm³/mol. The Balaban J connectivity index is 1.55. The zero-order valence-electron chi connectivity index (χ0n) is 15.1. The number of nitrogens with one attached hydrogen (secondary N) is 1. The molecule has 0 spiro atoms. The van der Waals surface area contributed by atoms with Crippen molar-refractivity contribution in [3.63, 3.8) is 0 Å². The standard InChI is InChI=1S/C20H21ClN4O2/c1-27-18-5-4-16(21)11-17(18)20(26)24-13-14-6-9-25(10-7-14)19-15(12-22)3-2-8-23-19/h2-5,8,11,14H,6-7,9-10,13H2,1H3,(H,24,26). The van der Waals surface area contributed by atoms with Gasteiger partial charge >= 0.3 is 0 Å². The molecule has 1 aromatic heterocycles. The minimum Gasteiger partial charge on any atom is -0.496 e. The number of piperidine rings is 1. The van der Waals surface area contributed by atoms with E-state index in [0.717, 1.165) is 31.7 Å². The molecule has 7 heteroatoms. The average molecular weight is 385 g/mol. The van der Waals surface area contributed by atoms with E-state index in [1.165, 1.54) is 7.11 Å². The zero-order valence-corrected chi connectivity index (χ0v) is 15.9. The van der Waals surface area contributed by atoms with Crippen LogP contribution in [0.1, 0.15) is 28.8 Å². The van der Waals surface area contributed by atoms with Crippen LogP contribution >= 0.6 is 11.6 Å². The quantitative estimate of drug-likeness (QED) is 0.856. The Labute approximate surface area is 163 Å². The molecule has 0 radical (unpaired) electrons. The number of nitrogens with zero attached hydrogens (tertiary/aromatic N) is 3. The molecule has 1 aliphatic rings. The van der Waals surface area contributed by atoms with Gasteiger partial charge in [-0.15, -0.1) is 0 Å². The fraction of sp³-hybridized carbons (Fsp3) is 0.350. The summed E-state index contributed by atoms with van der Waals surface area (Å²) in [6.07, 6.45) is 3.56. The first kappa shape index (κ1) is 19.0. The number of benzene rings is 1. The van der Waals surface area contributed by atoms with Gasteiger partial charge in [0.25, 0.3) is 5.91 Å². The predicted octanol–water partition coefficient (Wildman–Crippen LogP) is 3.26. The number of hydrogen-bond acceptors (Lipinski definition) is 5. The lowest BCUT2D eigenvalue weighted by molar-refractivity contribution is 0.0942. The number of halogens is 1. The summed E-state index contributed by atoms with van der Waals surface area (Å²) >= 11 is 6.00. The summed E-state index contributed by atoms with van der Waals surface area (Å²) < 4.78 is 5.24. The number of aromatic nitrogens is 1. The summed E-state index contributed by atoms with van der Waals surface area (Å²) in [4.78, 5) is 19.0. The number of nitriles is 1. The van der Waals surface area contributed by atoms with Gasteiger partial charge in [-0.25, -0.2) is 4.98 Å². The third-order valence-electron chi connectivity index (χ3n) is 4.78. The van der Waals surface area contributed by atoms with Gasteiger partial charge in [-0.3, -0.25) is 4.79 Å². The van der Waals surface area contributed by atoms with Crippen molar-refractivity contribution < 1.29 is 9.53 Å². The highest BCUT2D eigenvalue weighted by molar-refractivity contribution is 6.31. The van der Waals surface area contributed by atoms with Crippen molar-refractivity contribution in [3.05, 3.63) is 52.7 Å². The third kappa shape index (κ3) is 4.50. The van der Waals surface area contributed by atoms with Crippen LogP contribution in [0.25, 0.3) is 0 Å². The molecule has 1 aromatic carbocycles. The smallest absolute Gasteiger partial charge is 0.255 e. The molecule has 0 unspecified atom stereocenters. The van der Waals surface area contributed by atoms with Crippen LogP contribution in [-0.4, -0.2) is 37.6 Å². The SMILES string of the molecule is COc1ccc(Cl)cc1C(=O)NCC1CCN(c2ncccc2C#N)CC1. The molecule has 2 aromatic rings. The van der Waals surface area contributed by atoms with Crippen LogP contribution in [0.15, 0.2) is 36.5 Å². The minimum absolute atomic E-state index is 0.187. The lowest BCUT2D eigenvalue weighted by atomic mass is 9.96. The van der Waals surface area contributed by atoms with Crippen LogP contribution in [0.2, 0.25) is 5.02 Å². The largest absolute Gasteiger partial charge is 0.496 e. The van der Waals surface area contributed by atoms with Crippen LogP contribution in [0, 0.1) is 17.2 Å². The fourth-order valence-corrected chi connectivity index (χ4v) is 3.45. The van der Waals surface area contributed by atoms with E-state index in [1.807, 2.05) is 0 Å². The molecule has 3 rings (SSSR count). The number of carbonyl (C=O) groups is 1. The van der Waals surface area contributed by atoms with Crippen LogP contribution in [-0.2, 0) is 0 Å². The molecule has 0 atom stereocenters. The molecule has 0 saturated carbocycles. The highest BCUT2D eigenvalue weighted by Crippen LogP contribution is 2.25. The first-order valence-corrected chi connectivity index (χ1v) is 9.22. The Kier molecular flexibility index (Phi) is 6.15. The van der Waals surface area contributed by atoms with E-state index < -0.39 is 0 Å². The van der Waals surface area contributed by atoms with Crippen molar-refractivity contribution in [2.24, 2.45) is 5.92 Å². The first-order valence-electron chi connectivity index (χ1n) is 8.84. The Morgan fingerprint density at radius 3 is 2.89 bits per heavy atom. The van der Waals surface area contributed by atoms with E-state index in [1.54, 1.807) is 36.5 Å². The molecule has 1 aliphatic heterocycles. The van der Waals surface area contributed by atoms with Crippen LogP contribution in [0.3, 0.4) is 0 Å². The monoisotopic (exact) mass is 384 g/mol. The van der Waals surface area contributed by atoms with Crippen molar-refractivity contribution in [2.45, 2.75) is 12.8 Å². The van der Waals surface area contributed by atoms with Crippen LogP contribution < -0.4 is 15.0 Å². The van der Waals surface area contributed by atoms with E-state index in [-0.39, 0.29) is 5.91 Å². The van der Waals surface area contributed by atoms with Gasteiger partial charge in [-0.1, -0.05) is 11.6 Å². The van der Waals surface area contributed by atoms with E-state index in [0.29, 0.717) is 34.4 Å². The molecule has 0 bridgehead atoms. The van der Waals surface area contributed by atoms with E-state index in [4.69, 9.17) is 16.3 Å². The molecule has 27 heavy (non-hydrogen) atoms. The average Bonchev–Trinajstić information content (AvgIpc) is 2.72.